The smallest absolute Gasteiger partial charge is 0.129 e. The molecule has 0 bridgehead atoms. The SMILES string of the molecule is CCCN(Cc1c(F)cccc1Cl)C1CCCNC1. The van der Waals surface area contributed by atoms with Crippen molar-refractivity contribution < 1.29 is 4.39 Å². The van der Waals surface area contributed by atoms with Gasteiger partial charge in [-0.25, -0.2) is 4.39 Å². The molecule has 19 heavy (non-hydrogen) atoms. The van der Waals surface area contributed by atoms with Crippen LogP contribution in [0.15, 0.2) is 18.2 Å². The summed E-state index contributed by atoms with van der Waals surface area (Å²) in [6.07, 6.45) is 3.44. The molecular formula is C15H22ClFN2. The minimum Gasteiger partial charge on any atom is -0.315 e. The molecule has 0 aliphatic carbocycles. The van der Waals surface area contributed by atoms with Gasteiger partial charge in [0.15, 0.2) is 0 Å². The van der Waals surface area contributed by atoms with Crippen LogP contribution in [0.5, 0.6) is 0 Å². The van der Waals surface area contributed by atoms with Gasteiger partial charge in [0.25, 0.3) is 0 Å². The first kappa shape index (κ1) is 14.8. The Morgan fingerprint density at radius 3 is 2.95 bits per heavy atom. The molecule has 4 heteroatoms. The highest BCUT2D eigenvalue weighted by atomic mass is 35.5. The Hall–Kier alpha value is -0.640. The van der Waals surface area contributed by atoms with Crippen LogP contribution in [-0.4, -0.2) is 30.6 Å². The fourth-order valence-electron chi connectivity index (χ4n) is 2.71. The van der Waals surface area contributed by atoms with Crippen LogP contribution in [0.25, 0.3) is 0 Å². The van der Waals surface area contributed by atoms with Crippen molar-refractivity contribution in [3.05, 3.63) is 34.6 Å². The van der Waals surface area contributed by atoms with Crippen molar-refractivity contribution in [2.75, 3.05) is 19.6 Å². The van der Waals surface area contributed by atoms with Gasteiger partial charge in [-0.2, -0.15) is 0 Å². The average molecular weight is 285 g/mol. The zero-order valence-electron chi connectivity index (χ0n) is 11.5. The van der Waals surface area contributed by atoms with E-state index >= 15 is 0 Å². The van der Waals surface area contributed by atoms with Crippen LogP contribution in [0.1, 0.15) is 31.7 Å². The number of hydrogen-bond donors (Lipinski definition) is 1. The topological polar surface area (TPSA) is 15.3 Å². The number of hydrogen-bond acceptors (Lipinski definition) is 2. The van der Waals surface area contributed by atoms with Crippen LogP contribution in [0, 0.1) is 5.82 Å². The summed E-state index contributed by atoms with van der Waals surface area (Å²) < 4.78 is 13.9. The molecule has 2 rings (SSSR count). The third-order valence-corrected chi connectivity index (χ3v) is 4.08. The second kappa shape index (κ2) is 7.22. The van der Waals surface area contributed by atoms with Crippen molar-refractivity contribution in [2.45, 2.75) is 38.8 Å². The fraction of sp³-hybridized carbons (Fsp3) is 0.600. The lowest BCUT2D eigenvalue weighted by atomic mass is 10.0. The Balaban J connectivity index is 2.11. The second-order valence-corrected chi connectivity index (χ2v) is 5.58. The maximum absolute atomic E-state index is 13.9. The molecular weight excluding hydrogens is 263 g/mol. The molecule has 1 atom stereocenters. The van der Waals surface area contributed by atoms with E-state index in [0.29, 0.717) is 23.2 Å². The quantitative estimate of drug-likeness (QED) is 0.891. The molecule has 2 nitrogen and oxygen atoms in total. The van der Waals surface area contributed by atoms with E-state index in [1.165, 1.54) is 18.9 Å². The summed E-state index contributed by atoms with van der Waals surface area (Å²) in [5.74, 6) is -0.197. The number of benzene rings is 1. The summed E-state index contributed by atoms with van der Waals surface area (Å²) >= 11 is 6.13. The van der Waals surface area contributed by atoms with Crippen molar-refractivity contribution in [2.24, 2.45) is 0 Å². The van der Waals surface area contributed by atoms with Gasteiger partial charge in [-0.15, -0.1) is 0 Å². The minimum absolute atomic E-state index is 0.197. The van der Waals surface area contributed by atoms with E-state index in [4.69, 9.17) is 11.6 Å². The van der Waals surface area contributed by atoms with E-state index in [2.05, 4.69) is 17.1 Å². The van der Waals surface area contributed by atoms with E-state index in [1.807, 2.05) is 0 Å². The molecule has 1 aromatic rings. The molecule has 1 aliphatic rings. The summed E-state index contributed by atoms with van der Waals surface area (Å²) in [4.78, 5) is 2.36. The number of nitrogens with zero attached hydrogens (tertiary/aromatic N) is 1. The van der Waals surface area contributed by atoms with Crippen molar-refractivity contribution >= 4 is 11.6 Å². The van der Waals surface area contributed by atoms with Gasteiger partial charge < -0.3 is 5.32 Å². The number of rotatable bonds is 5. The lowest BCUT2D eigenvalue weighted by molar-refractivity contribution is 0.156. The van der Waals surface area contributed by atoms with Crippen LogP contribution in [-0.2, 0) is 6.54 Å². The van der Waals surface area contributed by atoms with Gasteiger partial charge in [-0.1, -0.05) is 24.6 Å². The zero-order valence-corrected chi connectivity index (χ0v) is 12.2. The number of piperidine rings is 1. The molecule has 1 aromatic carbocycles. The maximum atomic E-state index is 13.9. The lowest BCUT2D eigenvalue weighted by Crippen LogP contribution is -2.46. The van der Waals surface area contributed by atoms with Crippen molar-refractivity contribution in [1.29, 1.82) is 0 Å². The standard InChI is InChI=1S/C15H22ClFN2/c1-2-9-19(12-5-4-8-18-10-12)11-13-14(16)6-3-7-15(13)17/h3,6-7,12,18H,2,4-5,8-11H2,1H3. The van der Waals surface area contributed by atoms with Gasteiger partial charge in [0.2, 0.25) is 0 Å². The van der Waals surface area contributed by atoms with E-state index < -0.39 is 0 Å². The first-order chi connectivity index (χ1) is 9.22. The molecule has 0 aromatic heterocycles. The van der Waals surface area contributed by atoms with Gasteiger partial charge in [0, 0.05) is 29.7 Å². The van der Waals surface area contributed by atoms with Gasteiger partial charge in [0.1, 0.15) is 5.82 Å². The minimum atomic E-state index is -0.197. The van der Waals surface area contributed by atoms with Crippen LogP contribution < -0.4 is 5.32 Å². The highest BCUT2D eigenvalue weighted by Crippen LogP contribution is 2.23. The highest BCUT2D eigenvalue weighted by Gasteiger charge is 2.22. The predicted octanol–water partition coefficient (Wildman–Crippen LogP) is 3.44. The number of nitrogens with one attached hydrogen (secondary N) is 1. The van der Waals surface area contributed by atoms with Crippen LogP contribution in [0.4, 0.5) is 4.39 Å². The average Bonchev–Trinajstić information content (AvgIpc) is 2.43. The summed E-state index contributed by atoms with van der Waals surface area (Å²) in [6, 6.07) is 5.41. The predicted molar refractivity (Wildman–Crippen MR) is 78.0 cm³/mol. The molecule has 106 valence electrons. The summed E-state index contributed by atoms with van der Waals surface area (Å²) in [5, 5.41) is 3.95. The van der Waals surface area contributed by atoms with Crippen LogP contribution in [0.2, 0.25) is 5.02 Å². The molecule has 1 N–H and O–H groups in total. The van der Waals surface area contributed by atoms with Crippen molar-refractivity contribution in [3.63, 3.8) is 0 Å². The molecule has 0 amide bonds. The van der Waals surface area contributed by atoms with E-state index in [0.717, 1.165) is 26.1 Å². The third-order valence-electron chi connectivity index (χ3n) is 3.72. The molecule has 0 radical (unpaired) electrons. The molecule has 0 spiro atoms. The first-order valence-corrected chi connectivity index (χ1v) is 7.47. The second-order valence-electron chi connectivity index (χ2n) is 5.17. The molecule has 1 fully saturated rings. The summed E-state index contributed by atoms with van der Waals surface area (Å²) in [5.41, 5.74) is 0.628. The maximum Gasteiger partial charge on any atom is 0.129 e. The van der Waals surface area contributed by atoms with Gasteiger partial charge in [-0.05, 0) is 44.5 Å². The Morgan fingerprint density at radius 1 is 1.47 bits per heavy atom. The summed E-state index contributed by atoms with van der Waals surface area (Å²) in [7, 11) is 0. The molecule has 1 heterocycles. The lowest BCUT2D eigenvalue weighted by Gasteiger charge is -2.34. The largest absolute Gasteiger partial charge is 0.315 e. The van der Waals surface area contributed by atoms with Gasteiger partial charge >= 0.3 is 0 Å². The Morgan fingerprint density at radius 2 is 2.32 bits per heavy atom. The van der Waals surface area contributed by atoms with Crippen molar-refractivity contribution in [1.82, 2.24) is 10.2 Å². The Bertz CT molecular complexity index is 385. The van der Waals surface area contributed by atoms with Crippen molar-refractivity contribution in [3.8, 4) is 0 Å². The zero-order chi connectivity index (χ0) is 13.7. The number of halogens is 2. The monoisotopic (exact) mass is 284 g/mol. The Labute approximate surface area is 119 Å². The normalized spacial score (nSPS) is 19.9. The molecule has 1 aliphatic heterocycles. The molecule has 0 saturated carbocycles. The van der Waals surface area contributed by atoms with Gasteiger partial charge in [-0.3, -0.25) is 4.90 Å². The fourth-order valence-corrected chi connectivity index (χ4v) is 2.93. The van der Waals surface area contributed by atoms with E-state index in [1.54, 1.807) is 12.1 Å². The Kier molecular flexibility index (Phi) is 5.61. The molecule has 1 saturated heterocycles. The van der Waals surface area contributed by atoms with Crippen LogP contribution >= 0.6 is 11.6 Å². The first-order valence-electron chi connectivity index (χ1n) is 7.10. The molecule has 1 unspecified atom stereocenters. The van der Waals surface area contributed by atoms with Crippen LogP contribution in [0.3, 0.4) is 0 Å². The third kappa shape index (κ3) is 3.91. The van der Waals surface area contributed by atoms with E-state index in [-0.39, 0.29) is 5.82 Å². The van der Waals surface area contributed by atoms with Gasteiger partial charge in [0.05, 0.1) is 0 Å². The highest BCUT2D eigenvalue weighted by molar-refractivity contribution is 6.31. The summed E-state index contributed by atoms with van der Waals surface area (Å²) in [6.45, 7) is 5.83. The van der Waals surface area contributed by atoms with E-state index in [9.17, 15) is 4.39 Å².